The number of nitrogens with zero attached hydrogens (tertiary/aromatic N) is 1. The van der Waals surface area contributed by atoms with Gasteiger partial charge in [0.2, 0.25) is 5.91 Å². The maximum Gasteiger partial charge on any atom is 0.239 e. The van der Waals surface area contributed by atoms with Crippen molar-refractivity contribution in [3.05, 3.63) is 29.8 Å². The van der Waals surface area contributed by atoms with Crippen LogP contribution >= 0.6 is 0 Å². The van der Waals surface area contributed by atoms with Crippen molar-refractivity contribution >= 4 is 5.91 Å². The van der Waals surface area contributed by atoms with Gasteiger partial charge in [0, 0.05) is 13.6 Å². The minimum absolute atomic E-state index is 0.0620. The van der Waals surface area contributed by atoms with Gasteiger partial charge < -0.3 is 15.7 Å². The largest absolute Gasteiger partial charge is 0.508 e. The molecule has 0 aliphatic heterocycles. The van der Waals surface area contributed by atoms with Gasteiger partial charge in [-0.1, -0.05) is 26.0 Å². The second kappa shape index (κ2) is 5.68. The minimum Gasteiger partial charge on any atom is -0.508 e. The van der Waals surface area contributed by atoms with Crippen molar-refractivity contribution in [2.24, 2.45) is 11.7 Å². The summed E-state index contributed by atoms with van der Waals surface area (Å²) in [6.45, 7) is 4.35. The summed E-state index contributed by atoms with van der Waals surface area (Å²) in [5.74, 6) is 0.291. The van der Waals surface area contributed by atoms with Gasteiger partial charge in [0.05, 0.1) is 6.04 Å². The first-order chi connectivity index (χ1) is 7.91. The third-order valence-corrected chi connectivity index (χ3v) is 2.74. The number of likely N-dealkylation sites (N-methyl/N-ethyl adjacent to an activating group) is 1. The summed E-state index contributed by atoms with van der Waals surface area (Å²) in [5, 5.41) is 9.16. The third-order valence-electron chi connectivity index (χ3n) is 2.74. The van der Waals surface area contributed by atoms with Crippen LogP contribution in [-0.2, 0) is 11.3 Å². The van der Waals surface area contributed by atoms with Gasteiger partial charge in [0.15, 0.2) is 0 Å². The number of hydrogen-bond donors (Lipinski definition) is 2. The van der Waals surface area contributed by atoms with Gasteiger partial charge in [-0.2, -0.15) is 0 Å². The van der Waals surface area contributed by atoms with Crippen LogP contribution < -0.4 is 5.73 Å². The first-order valence-corrected chi connectivity index (χ1v) is 5.70. The van der Waals surface area contributed by atoms with Gasteiger partial charge in [-0.15, -0.1) is 0 Å². The Morgan fingerprint density at radius 2 is 1.88 bits per heavy atom. The van der Waals surface area contributed by atoms with Gasteiger partial charge in [0.25, 0.3) is 0 Å². The molecule has 0 saturated heterocycles. The molecule has 0 aliphatic rings. The van der Waals surface area contributed by atoms with E-state index in [4.69, 9.17) is 10.8 Å². The predicted molar refractivity (Wildman–Crippen MR) is 67.4 cm³/mol. The second-order valence-corrected chi connectivity index (χ2v) is 4.63. The molecule has 0 radical (unpaired) electrons. The molecule has 0 aliphatic carbocycles. The number of phenolic OH excluding ortho intramolecular Hbond substituents is 1. The average molecular weight is 236 g/mol. The number of aromatic hydroxyl groups is 1. The van der Waals surface area contributed by atoms with Crippen molar-refractivity contribution in [2.75, 3.05) is 7.05 Å². The van der Waals surface area contributed by atoms with Gasteiger partial charge in [-0.3, -0.25) is 4.79 Å². The Kier molecular flexibility index (Phi) is 4.52. The number of carbonyl (C=O) groups is 1. The van der Waals surface area contributed by atoms with Crippen molar-refractivity contribution in [1.82, 2.24) is 4.90 Å². The summed E-state index contributed by atoms with van der Waals surface area (Å²) in [4.78, 5) is 13.5. The Morgan fingerprint density at radius 1 is 1.35 bits per heavy atom. The topological polar surface area (TPSA) is 66.6 Å². The second-order valence-electron chi connectivity index (χ2n) is 4.63. The number of amides is 1. The van der Waals surface area contributed by atoms with Crippen molar-refractivity contribution in [1.29, 1.82) is 0 Å². The van der Waals surface area contributed by atoms with Crippen LogP contribution in [0.1, 0.15) is 19.4 Å². The quantitative estimate of drug-likeness (QED) is 0.829. The van der Waals surface area contributed by atoms with E-state index in [1.807, 2.05) is 13.8 Å². The number of benzene rings is 1. The van der Waals surface area contributed by atoms with E-state index in [1.54, 1.807) is 36.2 Å². The fraction of sp³-hybridized carbons (Fsp3) is 0.462. The highest BCUT2D eigenvalue weighted by Gasteiger charge is 2.20. The van der Waals surface area contributed by atoms with E-state index in [-0.39, 0.29) is 17.6 Å². The number of hydrogen-bond acceptors (Lipinski definition) is 3. The Bertz CT molecular complexity index is 374. The molecule has 1 aromatic rings. The minimum atomic E-state index is -0.461. The Morgan fingerprint density at radius 3 is 2.35 bits per heavy atom. The first-order valence-electron chi connectivity index (χ1n) is 5.70. The SMILES string of the molecule is CC(C)C(N)C(=O)N(C)Cc1ccc(O)cc1. The molecule has 1 unspecified atom stereocenters. The molecular formula is C13H20N2O2. The summed E-state index contributed by atoms with van der Waals surface area (Å²) in [6.07, 6.45) is 0. The lowest BCUT2D eigenvalue weighted by atomic mass is 10.0. The van der Waals surface area contributed by atoms with Gasteiger partial charge in [-0.05, 0) is 23.6 Å². The van der Waals surface area contributed by atoms with Crippen LogP contribution in [-0.4, -0.2) is 29.0 Å². The third kappa shape index (κ3) is 3.75. The van der Waals surface area contributed by atoms with Crippen LogP contribution in [0.25, 0.3) is 0 Å². The fourth-order valence-corrected chi connectivity index (χ4v) is 1.49. The maximum absolute atomic E-state index is 11.9. The van der Waals surface area contributed by atoms with Gasteiger partial charge in [0.1, 0.15) is 5.75 Å². The number of carbonyl (C=O) groups excluding carboxylic acids is 1. The molecule has 1 atom stereocenters. The predicted octanol–water partition coefficient (Wildman–Crippen LogP) is 1.33. The van der Waals surface area contributed by atoms with Crippen LogP contribution in [0.2, 0.25) is 0 Å². The van der Waals surface area contributed by atoms with E-state index in [1.165, 1.54) is 0 Å². The summed E-state index contributed by atoms with van der Waals surface area (Å²) in [5.41, 5.74) is 6.77. The highest BCUT2D eigenvalue weighted by Crippen LogP contribution is 2.12. The number of rotatable bonds is 4. The van der Waals surface area contributed by atoms with Crippen LogP contribution in [0.5, 0.6) is 5.75 Å². The molecule has 94 valence electrons. The van der Waals surface area contributed by atoms with E-state index in [9.17, 15) is 4.79 Å². The molecule has 0 spiro atoms. The number of nitrogens with two attached hydrogens (primary N) is 1. The van der Waals surface area contributed by atoms with Crippen LogP contribution in [0.3, 0.4) is 0 Å². The standard InChI is InChI=1S/C13H20N2O2/c1-9(2)12(14)13(17)15(3)8-10-4-6-11(16)7-5-10/h4-7,9,12,16H,8,14H2,1-3H3. The molecule has 0 saturated carbocycles. The smallest absolute Gasteiger partial charge is 0.239 e. The Labute approximate surface area is 102 Å². The molecule has 0 aromatic heterocycles. The molecule has 0 fully saturated rings. The molecule has 17 heavy (non-hydrogen) atoms. The van der Waals surface area contributed by atoms with Crippen LogP contribution in [0.15, 0.2) is 24.3 Å². The molecule has 4 heteroatoms. The molecular weight excluding hydrogens is 216 g/mol. The first kappa shape index (κ1) is 13.5. The van der Waals surface area contributed by atoms with Crippen molar-refractivity contribution in [3.8, 4) is 5.75 Å². The number of phenols is 1. The van der Waals surface area contributed by atoms with Gasteiger partial charge >= 0.3 is 0 Å². The summed E-state index contributed by atoms with van der Waals surface area (Å²) < 4.78 is 0. The van der Waals surface area contributed by atoms with Crippen LogP contribution in [0, 0.1) is 5.92 Å². The van der Waals surface area contributed by atoms with Crippen LogP contribution in [0.4, 0.5) is 0 Å². The summed E-state index contributed by atoms with van der Waals surface area (Å²) >= 11 is 0. The zero-order valence-electron chi connectivity index (χ0n) is 10.6. The van der Waals surface area contributed by atoms with Crippen molar-refractivity contribution in [2.45, 2.75) is 26.4 Å². The average Bonchev–Trinajstić information content (AvgIpc) is 2.30. The molecule has 0 heterocycles. The monoisotopic (exact) mass is 236 g/mol. The molecule has 0 bridgehead atoms. The lowest BCUT2D eigenvalue weighted by Crippen LogP contribution is -2.44. The molecule has 1 rings (SSSR count). The van der Waals surface area contributed by atoms with E-state index < -0.39 is 6.04 Å². The maximum atomic E-state index is 11.9. The molecule has 1 amide bonds. The summed E-state index contributed by atoms with van der Waals surface area (Å²) in [7, 11) is 1.73. The zero-order chi connectivity index (χ0) is 13.0. The highest BCUT2D eigenvalue weighted by molar-refractivity contribution is 5.81. The lowest BCUT2D eigenvalue weighted by molar-refractivity contribution is -0.132. The normalized spacial score (nSPS) is 12.5. The lowest BCUT2D eigenvalue weighted by Gasteiger charge is -2.23. The molecule has 1 aromatic carbocycles. The molecule has 4 nitrogen and oxygen atoms in total. The van der Waals surface area contributed by atoms with E-state index >= 15 is 0 Å². The summed E-state index contributed by atoms with van der Waals surface area (Å²) in [6, 6.07) is 6.34. The van der Waals surface area contributed by atoms with E-state index in [0.717, 1.165) is 5.56 Å². The van der Waals surface area contributed by atoms with E-state index in [2.05, 4.69) is 0 Å². The molecule has 3 N–H and O–H groups in total. The van der Waals surface area contributed by atoms with E-state index in [0.29, 0.717) is 6.54 Å². The Balaban J connectivity index is 2.63. The Hall–Kier alpha value is -1.55. The zero-order valence-corrected chi connectivity index (χ0v) is 10.6. The highest BCUT2D eigenvalue weighted by atomic mass is 16.3. The van der Waals surface area contributed by atoms with Crippen molar-refractivity contribution in [3.63, 3.8) is 0 Å². The fourth-order valence-electron chi connectivity index (χ4n) is 1.49. The van der Waals surface area contributed by atoms with Crippen molar-refractivity contribution < 1.29 is 9.90 Å². The van der Waals surface area contributed by atoms with Gasteiger partial charge in [-0.25, -0.2) is 0 Å².